The molecule has 0 aliphatic rings. The number of hydrogen-bond acceptors (Lipinski definition) is 2. The molecule has 1 aromatic carbocycles. The molecule has 0 aliphatic heterocycles. The molecule has 0 aliphatic carbocycles. The Hall–Kier alpha value is -1.16. The first kappa shape index (κ1) is 14.9. The highest BCUT2D eigenvalue weighted by molar-refractivity contribution is 5.33. The van der Waals surface area contributed by atoms with Gasteiger partial charge in [0.15, 0.2) is 0 Å². The average Bonchev–Trinajstić information content (AvgIpc) is 2.37. The number of rotatable bonds is 7. The molecule has 102 valence electrons. The summed E-state index contributed by atoms with van der Waals surface area (Å²) >= 11 is 0. The van der Waals surface area contributed by atoms with E-state index in [1.807, 2.05) is 6.07 Å². The first-order valence-electron chi connectivity index (χ1n) is 6.28. The molecule has 0 spiro atoms. The summed E-state index contributed by atoms with van der Waals surface area (Å²) in [6.07, 6.45) is 1.97. The van der Waals surface area contributed by atoms with E-state index in [0.717, 1.165) is 18.4 Å². The largest absolute Gasteiger partial charge is 0.434 e. The SMILES string of the molecule is CCC(C)(CC)NCc1ccccc1OC(F)F. The smallest absolute Gasteiger partial charge is 0.387 e. The lowest BCUT2D eigenvalue weighted by atomic mass is 9.95. The number of benzene rings is 1. The van der Waals surface area contributed by atoms with Gasteiger partial charge >= 0.3 is 6.61 Å². The Bertz CT molecular complexity index is 365. The average molecular weight is 257 g/mol. The number of alkyl halides is 2. The first-order chi connectivity index (χ1) is 8.50. The van der Waals surface area contributed by atoms with Gasteiger partial charge in [-0.15, -0.1) is 0 Å². The Kier molecular flexibility index (Phi) is 5.54. The van der Waals surface area contributed by atoms with Crippen LogP contribution in [-0.2, 0) is 6.54 Å². The fraction of sp³-hybridized carbons (Fsp3) is 0.571. The molecule has 18 heavy (non-hydrogen) atoms. The topological polar surface area (TPSA) is 21.3 Å². The third-order valence-corrected chi connectivity index (χ3v) is 3.45. The van der Waals surface area contributed by atoms with Gasteiger partial charge in [0.2, 0.25) is 0 Å². The molecule has 0 amide bonds. The van der Waals surface area contributed by atoms with Gasteiger partial charge in [0.25, 0.3) is 0 Å². The van der Waals surface area contributed by atoms with E-state index in [2.05, 4.69) is 30.8 Å². The highest BCUT2D eigenvalue weighted by atomic mass is 19.3. The van der Waals surface area contributed by atoms with Gasteiger partial charge < -0.3 is 10.1 Å². The maximum atomic E-state index is 12.3. The highest BCUT2D eigenvalue weighted by Gasteiger charge is 2.19. The van der Waals surface area contributed by atoms with Gasteiger partial charge in [-0.25, -0.2) is 0 Å². The van der Waals surface area contributed by atoms with Gasteiger partial charge in [-0.2, -0.15) is 8.78 Å². The van der Waals surface area contributed by atoms with Crippen molar-refractivity contribution >= 4 is 0 Å². The number of halogens is 2. The summed E-state index contributed by atoms with van der Waals surface area (Å²) in [5, 5.41) is 3.40. The Morgan fingerprint density at radius 3 is 2.39 bits per heavy atom. The highest BCUT2D eigenvalue weighted by Crippen LogP contribution is 2.22. The summed E-state index contributed by atoms with van der Waals surface area (Å²) < 4.78 is 29.0. The summed E-state index contributed by atoms with van der Waals surface area (Å²) in [4.78, 5) is 0. The van der Waals surface area contributed by atoms with Crippen LogP contribution < -0.4 is 10.1 Å². The Balaban J connectivity index is 2.72. The number of nitrogens with one attached hydrogen (secondary N) is 1. The third kappa shape index (κ3) is 4.26. The van der Waals surface area contributed by atoms with E-state index in [0.29, 0.717) is 6.54 Å². The predicted molar refractivity (Wildman–Crippen MR) is 68.9 cm³/mol. The van der Waals surface area contributed by atoms with Crippen molar-refractivity contribution in [1.29, 1.82) is 0 Å². The van der Waals surface area contributed by atoms with Crippen LogP contribution in [0.2, 0.25) is 0 Å². The summed E-state index contributed by atoms with van der Waals surface area (Å²) in [7, 11) is 0. The molecule has 1 rings (SSSR count). The molecule has 0 atom stereocenters. The fourth-order valence-electron chi connectivity index (χ4n) is 1.67. The zero-order valence-electron chi connectivity index (χ0n) is 11.2. The molecule has 2 nitrogen and oxygen atoms in total. The maximum Gasteiger partial charge on any atom is 0.387 e. The molecule has 1 N–H and O–H groups in total. The molecule has 0 radical (unpaired) electrons. The number of ether oxygens (including phenoxy) is 1. The Labute approximate surface area is 107 Å². The normalized spacial score (nSPS) is 11.9. The quantitative estimate of drug-likeness (QED) is 0.798. The zero-order chi connectivity index (χ0) is 13.6. The molecule has 4 heteroatoms. The molecular formula is C14H21F2NO. The Morgan fingerprint density at radius 2 is 1.83 bits per heavy atom. The van der Waals surface area contributed by atoms with E-state index < -0.39 is 6.61 Å². The summed E-state index contributed by atoms with van der Waals surface area (Å²) in [6.45, 7) is 4.09. The van der Waals surface area contributed by atoms with Crippen molar-refractivity contribution in [3.63, 3.8) is 0 Å². The second kappa shape index (κ2) is 6.69. The van der Waals surface area contributed by atoms with E-state index >= 15 is 0 Å². The predicted octanol–water partition coefficient (Wildman–Crippen LogP) is 3.96. The van der Waals surface area contributed by atoms with Crippen molar-refractivity contribution in [3.8, 4) is 5.75 Å². The van der Waals surface area contributed by atoms with Gasteiger partial charge in [-0.05, 0) is 25.8 Å². The molecule has 0 bridgehead atoms. The van der Waals surface area contributed by atoms with E-state index in [1.54, 1.807) is 18.2 Å². The lowest BCUT2D eigenvalue weighted by Gasteiger charge is -2.28. The lowest BCUT2D eigenvalue weighted by Crippen LogP contribution is -2.40. The van der Waals surface area contributed by atoms with Gasteiger partial charge in [0.05, 0.1) is 0 Å². The maximum absolute atomic E-state index is 12.3. The van der Waals surface area contributed by atoms with Crippen LogP contribution in [0.1, 0.15) is 39.2 Å². The van der Waals surface area contributed by atoms with E-state index in [-0.39, 0.29) is 11.3 Å². The standard InChI is InChI=1S/C14H21F2NO/c1-4-14(3,5-2)17-10-11-8-6-7-9-12(11)18-13(15)16/h6-9,13,17H,4-5,10H2,1-3H3. The van der Waals surface area contributed by atoms with Crippen LogP contribution in [0.15, 0.2) is 24.3 Å². The molecule has 1 aromatic rings. The van der Waals surface area contributed by atoms with Crippen LogP contribution in [0, 0.1) is 0 Å². The van der Waals surface area contributed by atoms with Gasteiger partial charge in [0, 0.05) is 17.6 Å². The van der Waals surface area contributed by atoms with E-state index in [4.69, 9.17) is 0 Å². The van der Waals surface area contributed by atoms with Crippen LogP contribution in [0.4, 0.5) is 8.78 Å². The minimum absolute atomic E-state index is 0.0257. The molecule has 0 heterocycles. The molecule has 0 fully saturated rings. The van der Waals surface area contributed by atoms with Crippen molar-refractivity contribution in [3.05, 3.63) is 29.8 Å². The van der Waals surface area contributed by atoms with Gasteiger partial charge in [-0.1, -0.05) is 32.0 Å². The molecule has 0 saturated carbocycles. The minimum atomic E-state index is -2.78. The second-order valence-corrected chi connectivity index (χ2v) is 4.61. The summed E-state index contributed by atoms with van der Waals surface area (Å²) in [6, 6.07) is 6.89. The molecular weight excluding hydrogens is 236 g/mol. The first-order valence-corrected chi connectivity index (χ1v) is 6.28. The Morgan fingerprint density at radius 1 is 1.22 bits per heavy atom. The van der Waals surface area contributed by atoms with Crippen molar-refractivity contribution < 1.29 is 13.5 Å². The summed E-state index contributed by atoms with van der Waals surface area (Å²) in [5.41, 5.74) is 0.781. The van der Waals surface area contributed by atoms with Crippen molar-refractivity contribution in [2.24, 2.45) is 0 Å². The molecule has 0 aromatic heterocycles. The van der Waals surface area contributed by atoms with Crippen molar-refractivity contribution in [2.45, 2.75) is 52.3 Å². The van der Waals surface area contributed by atoms with Crippen LogP contribution in [-0.4, -0.2) is 12.2 Å². The fourth-order valence-corrected chi connectivity index (χ4v) is 1.67. The van der Waals surface area contributed by atoms with Crippen LogP contribution in [0.25, 0.3) is 0 Å². The van der Waals surface area contributed by atoms with Gasteiger partial charge in [0.1, 0.15) is 5.75 Å². The summed E-state index contributed by atoms with van der Waals surface area (Å²) in [5.74, 6) is 0.245. The van der Waals surface area contributed by atoms with E-state index in [9.17, 15) is 8.78 Å². The number of para-hydroxylation sites is 1. The van der Waals surface area contributed by atoms with Crippen LogP contribution in [0.5, 0.6) is 5.75 Å². The van der Waals surface area contributed by atoms with E-state index in [1.165, 1.54) is 0 Å². The lowest BCUT2D eigenvalue weighted by molar-refractivity contribution is -0.0505. The minimum Gasteiger partial charge on any atom is -0.434 e. The molecule has 0 unspecified atom stereocenters. The number of hydrogen-bond donors (Lipinski definition) is 1. The third-order valence-electron chi connectivity index (χ3n) is 3.45. The van der Waals surface area contributed by atoms with Crippen LogP contribution >= 0.6 is 0 Å². The zero-order valence-corrected chi connectivity index (χ0v) is 11.2. The molecule has 0 saturated heterocycles. The van der Waals surface area contributed by atoms with Gasteiger partial charge in [-0.3, -0.25) is 0 Å². The second-order valence-electron chi connectivity index (χ2n) is 4.61. The monoisotopic (exact) mass is 257 g/mol. The van der Waals surface area contributed by atoms with Crippen molar-refractivity contribution in [1.82, 2.24) is 5.32 Å². The van der Waals surface area contributed by atoms with Crippen LogP contribution in [0.3, 0.4) is 0 Å². The van der Waals surface area contributed by atoms with Crippen molar-refractivity contribution in [2.75, 3.05) is 0 Å².